The zero-order chi connectivity index (χ0) is 21.5. The highest BCUT2D eigenvalue weighted by molar-refractivity contribution is 7.92. The molecule has 0 fully saturated rings. The molecule has 0 spiro atoms. The minimum absolute atomic E-state index is 0.0635. The number of sulfone groups is 1. The molecule has 0 aliphatic carbocycles. The van der Waals surface area contributed by atoms with Gasteiger partial charge in [0, 0.05) is 17.8 Å². The maximum atomic E-state index is 13.8. The third-order valence-electron chi connectivity index (χ3n) is 4.74. The van der Waals surface area contributed by atoms with Gasteiger partial charge in [-0.1, -0.05) is 25.3 Å². The Morgan fingerprint density at radius 1 is 1.00 bits per heavy atom. The predicted octanol–water partition coefficient (Wildman–Crippen LogP) is 5.86. The van der Waals surface area contributed by atoms with Crippen molar-refractivity contribution in [1.82, 2.24) is 4.98 Å². The summed E-state index contributed by atoms with van der Waals surface area (Å²) in [6, 6.07) is 6.83. The summed E-state index contributed by atoms with van der Waals surface area (Å²) in [6.45, 7) is 5.19. The van der Waals surface area contributed by atoms with E-state index in [0.29, 0.717) is 18.7 Å². The van der Waals surface area contributed by atoms with Crippen LogP contribution in [0.1, 0.15) is 58.4 Å². The molecule has 2 aromatic rings. The molecule has 7 heteroatoms. The predicted molar refractivity (Wildman–Crippen MR) is 111 cm³/mol. The molecule has 1 heterocycles. The lowest BCUT2D eigenvalue weighted by atomic mass is 10.1. The molecule has 2 rings (SSSR count). The third kappa shape index (κ3) is 7.07. The van der Waals surface area contributed by atoms with E-state index in [1.165, 1.54) is 6.07 Å². The number of halogens is 2. The van der Waals surface area contributed by atoms with Crippen LogP contribution in [0.2, 0.25) is 0 Å². The van der Waals surface area contributed by atoms with Crippen LogP contribution in [0, 0.1) is 11.6 Å². The molecule has 4 nitrogen and oxygen atoms in total. The van der Waals surface area contributed by atoms with Gasteiger partial charge in [-0.25, -0.2) is 22.2 Å². The Morgan fingerprint density at radius 2 is 1.69 bits per heavy atom. The van der Waals surface area contributed by atoms with Crippen molar-refractivity contribution in [1.29, 1.82) is 0 Å². The molecule has 0 N–H and O–H groups in total. The highest BCUT2D eigenvalue weighted by Crippen LogP contribution is 2.27. The van der Waals surface area contributed by atoms with Crippen LogP contribution in [-0.4, -0.2) is 23.9 Å². The van der Waals surface area contributed by atoms with Gasteiger partial charge in [-0.2, -0.15) is 0 Å². The van der Waals surface area contributed by atoms with Crippen LogP contribution in [-0.2, 0) is 16.3 Å². The lowest BCUT2D eigenvalue weighted by molar-refractivity contribution is 0.418. The molecule has 0 bridgehead atoms. The molecule has 0 radical (unpaired) electrons. The van der Waals surface area contributed by atoms with Crippen molar-refractivity contribution < 1.29 is 21.9 Å². The molecule has 0 aliphatic heterocycles. The number of pyridine rings is 1. The quantitative estimate of drug-likeness (QED) is 0.448. The molecule has 0 amide bonds. The summed E-state index contributed by atoms with van der Waals surface area (Å²) in [5, 5.41) is 0. The van der Waals surface area contributed by atoms with Crippen LogP contribution < -0.4 is 4.74 Å². The number of nitrogens with zero attached hydrogens (tertiary/aromatic N) is 1. The lowest BCUT2D eigenvalue weighted by Crippen LogP contribution is -2.30. The number of aryl methyl sites for hydroxylation is 1. The summed E-state index contributed by atoms with van der Waals surface area (Å²) in [5.41, 5.74) is 0.853. The van der Waals surface area contributed by atoms with Crippen LogP contribution in [0.15, 0.2) is 36.5 Å². The van der Waals surface area contributed by atoms with Crippen molar-refractivity contribution in [2.45, 2.75) is 64.0 Å². The SMILES string of the molecule is CC(C)(C)S(=O)(=O)CCCCCCCc1cccnc1Oc1ccc(F)cc1F. The van der Waals surface area contributed by atoms with Gasteiger partial charge in [0.1, 0.15) is 5.82 Å². The number of aromatic nitrogens is 1. The maximum Gasteiger partial charge on any atom is 0.222 e. The van der Waals surface area contributed by atoms with Gasteiger partial charge in [0.05, 0.1) is 10.5 Å². The maximum absolute atomic E-state index is 13.8. The summed E-state index contributed by atoms with van der Waals surface area (Å²) < 4.78 is 55.9. The number of hydrogen-bond acceptors (Lipinski definition) is 4. The smallest absolute Gasteiger partial charge is 0.222 e. The molecular weight excluding hydrogens is 396 g/mol. The van der Waals surface area contributed by atoms with E-state index in [4.69, 9.17) is 4.74 Å². The van der Waals surface area contributed by atoms with Crippen molar-refractivity contribution in [2.24, 2.45) is 0 Å². The summed E-state index contributed by atoms with van der Waals surface area (Å²) in [6.07, 6.45) is 6.61. The molecule has 160 valence electrons. The number of rotatable bonds is 10. The van der Waals surface area contributed by atoms with Crippen LogP contribution in [0.3, 0.4) is 0 Å². The first-order chi connectivity index (χ1) is 13.6. The number of hydrogen-bond donors (Lipinski definition) is 0. The number of ether oxygens (including phenoxy) is 1. The molecule has 0 saturated carbocycles. The van der Waals surface area contributed by atoms with Crippen LogP contribution in [0.4, 0.5) is 8.78 Å². The summed E-state index contributed by atoms with van der Waals surface area (Å²) in [7, 11) is -3.05. The van der Waals surface area contributed by atoms with E-state index < -0.39 is 26.2 Å². The fourth-order valence-corrected chi connectivity index (χ4v) is 4.01. The minimum Gasteiger partial charge on any atom is -0.436 e. The largest absolute Gasteiger partial charge is 0.436 e. The monoisotopic (exact) mass is 425 g/mol. The molecule has 1 aromatic heterocycles. The highest BCUT2D eigenvalue weighted by Gasteiger charge is 2.27. The number of unbranched alkanes of at least 4 members (excludes halogenated alkanes) is 4. The average Bonchev–Trinajstić information content (AvgIpc) is 2.63. The first kappa shape index (κ1) is 23.3. The molecular formula is C22H29F2NO3S. The Morgan fingerprint density at radius 3 is 2.38 bits per heavy atom. The van der Waals surface area contributed by atoms with E-state index in [-0.39, 0.29) is 11.5 Å². The standard InChI is InChI=1S/C22H29F2NO3S/c1-22(2,3)29(26,27)15-8-6-4-5-7-10-17-11-9-14-25-21(17)28-20-13-12-18(23)16-19(20)24/h9,11-14,16H,4-8,10,15H2,1-3H3. The Bertz CT molecular complexity index is 909. The second-order valence-electron chi connectivity index (χ2n) is 8.09. The van der Waals surface area contributed by atoms with Crippen molar-refractivity contribution >= 4 is 9.84 Å². The van der Waals surface area contributed by atoms with Gasteiger partial charge in [-0.15, -0.1) is 0 Å². The average molecular weight is 426 g/mol. The van der Waals surface area contributed by atoms with Crippen molar-refractivity contribution in [3.05, 3.63) is 53.7 Å². The van der Waals surface area contributed by atoms with Gasteiger partial charge >= 0.3 is 0 Å². The zero-order valence-corrected chi connectivity index (χ0v) is 18.1. The van der Waals surface area contributed by atoms with E-state index >= 15 is 0 Å². The van der Waals surface area contributed by atoms with Gasteiger partial charge in [0.25, 0.3) is 0 Å². The van der Waals surface area contributed by atoms with Crippen molar-refractivity contribution in [3.63, 3.8) is 0 Å². The van der Waals surface area contributed by atoms with E-state index in [2.05, 4.69) is 4.98 Å². The van der Waals surface area contributed by atoms with E-state index in [0.717, 1.165) is 43.4 Å². The van der Waals surface area contributed by atoms with Crippen LogP contribution in [0.5, 0.6) is 11.6 Å². The van der Waals surface area contributed by atoms with Crippen LogP contribution in [0.25, 0.3) is 0 Å². The molecule has 0 saturated heterocycles. The summed E-state index contributed by atoms with van der Waals surface area (Å²) in [4.78, 5) is 4.17. The highest BCUT2D eigenvalue weighted by atomic mass is 32.2. The Kier molecular flexibility index (Phi) is 8.14. The summed E-state index contributed by atoms with van der Waals surface area (Å²) in [5.74, 6) is -0.959. The number of benzene rings is 1. The first-order valence-corrected chi connectivity index (χ1v) is 11.5. The normalized spacial score (nSPS) is 12.2. The third-order valence-corrected chi connectivity index (χ3v) is 7.43. The van der Waals surface area contributed by atoms with Crippen molar-refractivity contribution in [2.75, 3.05) is 5.75 Å². The molecule has 0 atom stereocenters. The fourth-order valence-electron chi connectivity index (χ4n) is 2.81. The second-order valence-corrected chi connectivity index (χ2v) is 11.0. The second kappa shape index (κ2) is 10.1. The van der Waals surface area contributed by atoms with Gasteiger partial charge in [0.2, 0.25) is 5.88 Å². The minimum atomic E-state index is -3.05. The Hall–Kier alpha value is -2.02. The van der Waals surface area contributed by atoms with E-state index in [1.807, 2.05) is 6.07 Å². The molecule has 0 aliphatic rings. The van der Waals surface area contributed by atoms with Crippen molar-refractivity contribution in [3.8, 4) is 11.6 Å². The zero-order valence-electron chi connectivity index (χ0n) is 17.2. The Labute approximate surface area is 172 Å². The van der Waals surface area contributed by atoms with E-state index in [9.17, 15) is 17.2 Å². The fraction of sp³-hybridized carbons (Fsp3) is 0.500. The lowest BCUT2D eigenvalue weighted by Gasteiger charge is -2.18. The van der Waals surface area contributed by atoms with Crippen LogP contribution >= 0.6 is 0 Å². The topological polar surface area (TPSA) is 56.3 Å². The summed E-state index contributed by atoms with van der Waals surface area (Å²) >= 11 is 0. The first-order valence-electron chi connectivity index (χ1n) is 9.89. The van der Waals surface area contributed by atoms with Gasteiger partial charge in [0.15, 0.2) is 21.4 Å². The van der Waals surface area contributed by atoms with Gasteiger partial charge in [-0.3, -0.25) is 0 Å². The van der Waals surface area contributed by atoms with E-state index in [1.54, 1.807) is 33.0 Å². The Balaban J connectivity index is 1.79. The molecule has 1 aromatic carbocycles. The van der Waals surface area contributed by atoms with Gasteiger partial charge < -0.3 is 4.74 Å². The van der Waals surface area contributed by atoms with Gasteiger partial charge in [-0.05, 0) is 58.2 Å². The molecule has 29 heavy (non-hydrogen) atoms. The molecule has 0 unspecified atom stereocenters.